The average Bonchev–Trinajstić information content (AvgIpc) is 2.63. The number of nitrogens with two attached hydrogens (primary N) is 1. The van der Waals surface area contributed by atoms with Crippen molar-refractivity contribution in [3.63, 3.8) is 0 Å². The molecule has 1 saturated carbocycles. The van der Waals surface area contributed by atoms with Gasteiger partial charge >= 0.3 is 0 Å². The van der Waals surface area contributed by atoms with E-state index in [9.17, 15) is 0 Å². The Morgan fingerprint density at radius 3 is 2.57 bits per heavy atom. The van der Waals surface area contributed by atoms with Gasteiger partial charge in [0.25, 0.3) is 0 Å². The van der Waals surface area contributed by atoms with Crippen LogP contribution in [-0.4, -0.2) is 0 Å². The first-order chi connectivity index (χ1) is 6.56. The first-order valence-corrected chi connectivity index (χ1v) is 6.32. The molecule has 78 valence electrons. The van der Waals surface area contributed by atoms with Crippen molar-refractivity contribution in [2.45, 2.75) is 45.1 Å². The highest BCUT2D eigenvalue weighted by molar-refractivity contribution is 7.08. The second-order valence-electron chi connectivity index (χ2n) is 5.07. The van der Waals surface area contributed by atoms with Crippen molar-refractivity contribution in [3.05, 3.63) is 22.4 Å². The Bertz CT molecular complexity index is 302. The molecular formula is C12H19NS. The number of rotatable bonds is 1. The topological polar surface area (TPSA) is 26.0 Å². The first-order valence-electron chi connectivity index (χ1n) is 5.38. The molecule has 1 nitrogen and oxygen atoms in total. The van der Waals surface area contributed by atoms with E-state index in [-0.39, 0.29) is 11.0 Å². The van der Waals surface area contributed by atoms with Crippen molar-refractivity contribution in [1.82, 2.24) is 0 Å². The molecule has 2 heteroatoms. The van der Waals surface area contributed by atoms with Gasteiger partial charge in [-0.15, -0.1) is 0 Å². The van der Waals surface area contributed by atoms with Gasteiger partial charge in [-0.2, -0.15) is 11.3 Å². The van der Waals surface area contributed by atoms with E-state index in [0.29, 0.717) is 0 Å². The maximum Gasteiger partial charge on any atom is 0.0469 e. The Kier molecular flexibility index (Phi) is 2.44. The highest BCUT2D eigenvalue weighted by Gasteiger charge is 2.44. The Morgan fingerprint density at radius 2 is 2.00 bits per heavy atom. The Hall–Kier alpha value is -0.340. The monoisotopic (exact) mass is 209 g/mol. The molecule has 1 atom stereocenters. The molecule has 0 saturated heterocycles. The molecule has 2 N–H and O–H groups in total. The molecule has 0 radical (unpaired) electrons. The molecule has 0 aromatic carbocycles. The Morgan fingerprint density at radius 1 is 1.29 bits per heavy atom. The van der Waals surface area contributed by atoms with Crippen molar-refractivity contribution in [2.24, 2.45) is 11.1 Å². The molecule has 1 fully saturated rings. The van der Waals surface area contributed by atoms with Crippen LogP contribution < -0.4 is 5.73 Å². The summed E-state index contributed by atoms with van der Waals surface area (Å²) in [7, 11) is 0. The minimum atomic E-state index is -0.0920. The zero-order valence-electron chi connectivity index (χ0n) is 9.05. The van der Waals surface area contributed by atoms with Crippen LogP contribution in [0.4, 0.5) is 0 Å². The molecule has 0 spiro atoms. The van der Waals surface area contributed by atoms with Crippen molar-refractivity contribution in [2.75, 3.05) is 0 Å². The van der Waals surface area contributed by atoms with E-state index in [1.54, 1.807) is 11.3 Å². The minimum absolute atomic E-state index is 0.0920. The van der Waals surface area contributed by atoms with Crippen LogP contribution >= 0.6 is 11.3 Å². The van der Waals surface area contributed by atoms with Crippen LogP contribution in [0.3, 0.4) is 0 Å². The lowest BCUT2D eigenvalue weighted by Gasteiger charge is -2.47. The van der Waals surface area contributed by atoms with Crippen molar-refractivity contribution in [1.29, 1.82) is 0 Å². The van der Waals surface area contributed by atoms with E-state index in [1.165, 1.54) is 24.8 Å². The van der Waals surface area contributed by atoms with Crippen molar-refractivity contribution >= 4 is 11.3 Å². The predicted octanol–water partition coefficient (Wildman–Crippen LogP) is 3.50. The van der Waals surface area contributed by atoms with E-state index in [2.05, 4.69) is 30.7 Å². The normalized spacial score (nSPS) is 31.6. The van der Waals surface area contributed by atoms with Crippen LogP contribution in [0.15, 0.2) is 16.8 Å². The molecule has 1 aromatic rings. The Labute approximate surface area is 90.3 Å². The number of thiophene rings is 1. The van der Waals surface area contributed by atoms with Gasteiger partial charge in [-0.05, 0) is 40.6 Å². The van der Waals surface area contributed by atoms with Gasteiger partial charge in [0.05, 0.1) is 0 Å². The lowest BCUT2D eigenvalue weighted by atomic mass is 9.61. The fourth-order valence-corrected chi connectivity index (χ4v) is 3.32. The lowest BCUT2D eigenvalue weighted by molar-refractivity contribution is 0.0982. The van der Waals surface area contributed by atoms with Gasteiger partial charge in [0.15, 0.2) is 0 Å². The second-order valence-corrected chi connectivity index (χ2v) is 5.85. The first kappa shape index (κ1) is 10.2. The van der Waals surface area contributed by atoms with E-state index < -0.39 is 0 Å². The molecule has 14 heavy (non-hydrogen) atoms. The van der Waals surface area contributed by atoms with E-state index in [0.717, 1.165) is 6.42 Å². The Balaban J connectivity index is 2.37. The summed E-state index contributed by atoms with van der Waals surface area (Å²) in [6, 6.07) is 2.19. The van der Waals surface area contributed by atoms with Gasteiger partial charge in [-0.25, -0.2) is 0 Å². The lowest BCUT2D eigenvalue weighted by Crippen LogP contribution is -2.51. The summed E-state index contributed by atoms with van der Waals surface area (Å²) in [6.07, 6.45) is 4.99. The molecule has 1 aliphatic rings. The fourth-order valence-electron chi connectivity index (χ4n) is 2.59. The minimum Gasteiger partial charge on any atom is -0.321 e. The van der Waals surface area contributed by atoms with E-state index >= 15 is 0 Å². The molecule has 1 aliphatic carbocycles. The fraction of sp³-hybridized carbons (Fsp3) is 0.667. The van der Waals surface area contributed by atoms with Gasteiger partial charge in [-0.3, -0.25) is 0 Å². The molecule has 1 aromatic heterocycles. The highest BCUT2D eigenvalue weighted by Crippen LogP contribution is 2.48. The number of hydrogen-bond acceptors (Lipinski definition) is 2. The molecule has 0 bridgehead atoms. The third-order valence-electron chi connectivity index (χ3n) is 3.87. The van der Waals surface area contributed by atoms with Gasteiger partial charge in [-0.1, -0.05) is 26.7 Å². The third-order valence-corrected chi connectivity index (χ3v) is 4.55. The summed E-state index contributed by atoms with van der Waals surface area (Å²) < 4.78 is 0. The average molecular weight is 209 g/mol. The van der Waals surface area contributed by atoms with Crippen LogP contribution in [0.1, 0.15) is 45.1 Å². The molecular weight excluding hydrogens is 190 g/mol. The smallest absolute Gasteiger partial charge is 0.0469 e. The molecule has 1 heterocycles. The van der Waals surface area contributed by atoms with Crippen LogP contribution in [0.5, 0.6) is 0 Å². The van der Waals surface area contributed by atoms with Gasteiger partial charge in [0.1, 0.15) is 0 Å². The van der Waals surface area contributed by atoms with Gasteiger partial charge in [0, 0.05) is 5.54 Å². The highest BCUT2D eigenvalue weighted by atomic mass is 32.1. The predicted molar refractivity (Wildman–Crippen MR) is 62.4 cm³/mol. The summed E-state index contributed by atoms with van der Waals surface area (Å²) >= 11 is 1.75. The summed E-state index contributed by atoms with van der Waals surface area (Å²) in [5.74, 6) is 0. The summed E-state index contributed by atoms with van der Waals surface area (Å²) in [5, 5.41) is 4.35. The second kappa shape index (κ2) is 3.35. The van der Waals surface area contributed by atoms with Crippen molar-refractivity contribution in [3.8, 4) is 0 Å². The van der Waals surface area contributed by atoms with Crippen LogP contribution in [0.2, 0.25) is 0 Å². The van der Waals surface area contributed by atoms with Crippen molar-refractivity contribution < 1.29 is 0 Å². The van der Waals surface area contributed by atoms with E-state index in [4.69, 9.17) is 5.73 Å². The summed E-state index contributed by atoms with van der Waals surface area (Å²) in [4.78, 5) is 0. The quantitative estimate of drug-likeness (QED) is 0.752. The standard InChI is InChI=1S/C12H19NS/c1-11(2)6-3-4-7-12(11,13)10-5-8-14-9-10/h5,8-9H,3-4,6-7,13H2,1-2H3. The third kappa shape index (κ3) is 1.41. The summed E-state index contributed by atoms with van der Waals surface area (Å²) in [6.45, 7) is 4.62. The molecule has 1 unspecified atom stereocenters. The zero-order valence-corrected chi connectivity index (χ0v) is 9.86. The largest absolute Gasteiger partial charge is 0.321 e. The molecule has 0 aliphatic heterocycles. The maximum atomic E-state index is 6.61. The van der Waals surface area contributed by atoms with Crippen LogP contribution in [-0.2, 0) is 5.54 Å². The maximum absolute atomic E-state index is 6.61. The van der Waals surface area contributed by atoms with Crippen LogP contribution in [0.25, 0.3) is 0 Å². The number of hydrogen-bond donors (Lipinski definition) is 1. The molecule has 2 rings (SSSR count). The van der Waals surface area contributed by atoms with Crippen LogP contribution in [0, 0.1) is 5.41 Å². The van der Waals surface area contributed by atoms with Gasteiger partial charge < -0.3 is 5.73 Å². The SMILES string of the molecule is CC1(C)CCCCC1(N)c1ccsc1. The molecule has 0 amide bonds. The zero-order chi connectivity index (χ0) is 10.2. The van der Waals surface area contributed by atoms with E-state index in [1.807, 2.05) is 0 Å². The van der Waals surface area contributed by atoms with Gasteiger partial charge in [0.2, 0.25) is 0 Å². The summed E-state index contributed by atoms with van der Waals surface area (Å²) in [5.41, 5.74) is 8.10.